The third-order valence-electron chi connectivity index (χ3n) is 3.88. The number of urea groups is 1. The number of imidazole rings is 1. The zero-order chi connectivity index (χ0) is 16.2. The number of halogens is 1. The van der Waals surface area contributed by atoms with Gasteiger partial charge in [0.15, 0.2) is 0 Å². The number of aliphatic hydroxyl groups excluding tert-OH is 1. The first-order chi connectivity index (χ1) is 11.2. The van der Waals surface area contributed by atoms with Crippen molar-refractivity contribution in [2.75, 3.05) is 6.61 Å². The summed E-state index contributed by atoms with van der Waals surface area (Å²) in [6, 6.07) is 5.21. The molecular weight excluding hydrogens is 299 g/mol. The Hall–Kier alpha value is -2.41. The second-order valence-electron chi connectivity index (χ2n) is 5.64. The average Bonchev–Trinajstić information content (AvgIpc) is 3.30. The lowest BCUT2D eigenvalue weighted by atomic mass is 10.1. The maximum Gasteiger partial charge on any atom is 0.315 e. The number of aliphatic hydroxyl groups is 1. The van der Waals surface area contributed by atoms with Crippen molar-refractivity contribution in [3.05, 3.63) is 53.9 Å². The summed E-state index contributed by atoms with van der Waals surface area (Å²) < 4.78 is 15.0. The first-order valence-electron chi connectivity index (χ1n) is 7.58. The van der Waals surface area contributed by atoms with Crippen LogP contribution in [0.25, 0.3) is 0 Å². The van der Waals surface area contributed by atoms with Crippen LogP contribution in [-0.4, -0.2) is 27.3 Å². The van der Waals surface area contributed by atoms with E-state index in [-0.39, 0.29) is 12.4 Å². The number of carbonyl (C=O) groups is 1. The molecule has 23 heavy (non-hydrogen) atoms. The number of rotatable bonds is 6. The molecule has 1 aliphatic carbocycles. The molecule has 1 atom stereocenters. The van der Waals surface area contributed by atoms with E-state index in [0.717, 1.165) is 18.5 Å². The number of carbonyl (C=O) groups excluding carboxylic acids is 1. The van der Waals surface area contributed by atoms with E-state index in [1.807, 2.05) is 0 Å². The number of nitrogens with zero attached hydrogens (tertiary/aromatic N) is 2. The fraction of sp³-hybridized carbons (Fsp3) is 0.375. The Morgan fingerprint density at radius 3 is 2.78 bits per heavy atom. The highest BCUT2D eigenvalue weighted by molar-refractivity contribution is 5.74. The van der Waals surface area contributed by atoms with Crippen LogP contribution in [0.3, 0.4) is 0 Å². The van der Waals surface area contributed by atoms with Crippen molar-refractivity contribution < 1.29 is 14.3 Å². The molecule has 1 aromatic heterocycles. The summed E-state index contributed by atoms with van der Waals surface area (Å²) >= 11 is 0. The minimum atomic E-state index is -0.580. The van der Waals surface area contributed by atoms with Gasteiger partial charge in [0.05, 0.1) is 31.2 Å². The molecule has 6 nitrogen and oxygen atoms in total. The predicted octanol–water partition coefficient (Wildman–Crippen LogP) is 1.89. The molecule has 3 N–H and O–H groups in total. The van der Waals surface area contributed by atoms with Crippen molar-refractivity contribution in [2.45, 2.75) is 31.5 Å². The van der Waals surface area contributed by atoms with Crippen LogP contribution in [0, 0.1) is 5.82 Å². The van der Waals surface area contributed by atoms with Crippen LogP contribution >= 0.6 is 0 Å². The zero-order valence-corrected chi connectivity index (χ0v) is 12.6. The molecule has 1 aromatic carbocycles. The first kappa shape index (κ1) is 15.5. The molecule has 0 unspecified atom stereocenters. The van der Waals surface area contributed by atoms with Crippen molar-refractivity contribution in [1.82, 2.24) is 20.2 Å². The highest BCUT2D eigenvalue weighted by atomic mass is 19.1. The quantitative estimate of drug-likeness (QED) is 0.761. The molecule has 2 amide bonds. The average molecular weight is 318 g/mol. The molecule has 0 spiro atoms. The maximum atomic E-state index is 12.9. The number of hydrogen-bond acceptors (Lipinski definition) is 3. The SMILES string of the molecule is O=C(NCc1cncn1C1CC1)N[C@@H](CO)c1ccc(F)cc1. The Morgan fingerprint density at radius 1 is 1.39 bits per heavy atom. The molecule has 0 bridgehead atoms. The monoisotopic (exact) mass is 318 g/mol. The Bertz CT molecular complexity index is 667. The van der Waals surface area contributed by atoms with Crippen molar-refractivity contribution in [3.63, 3.8) is 0 Å². The second-order valence-corrected chi connectivity index (χ2v) is 5.64. The minimum absolute atomic E-state index is 0.265. The number of benzene rings is 1. The highest BCUT2D eigenvalue weighted by Gasteiger charge is 2.25. The van der Waals surface area contributed by atoms with Crippen LogP contribution in [-0.2, 0) is 6.54 Å². The molecule has 3 rings (SSSR count). The maximum absolute atomic E-state index is 12.9. The van der Waals surface area contributed by atoms with E-state index in [4.69, 9.17) is 0 Å². The Morgan fingerprint density at radius 2 is 2.13 bits per heavy atom. The third kappa shape index (κ3) is 3.87. The van der Waals surface area contributed by atoms with E-state index in [9.17, 15) is 14.3 Å². The summed E-state index contributed by atoms with van der Waals surface area (Å²) in [7, 11) is 0. The van der Waals surface area contributed by atoms with Gasteiger partial charge in [-0.2, -0.15) is 0 Å². The van der Waals surface area contributed by atoms with Gasteiger partial charge in [0.2, 0.25) is 0 Å². The van der Waals surface area contributed by atoms with E-state index < -0.39 is 12.1 Å². The van der Waals surface area contributed by atoms with E-state index in [0.29, 0.717) is 18.2 Å². The van der Waals surface area contributed by atoms with Crippen LogP contribution < -0.4 is 10.6 Å². The summed E-state index contributed by atoms with van der Waals surface area (Å²) in [6.45, 7) is 0.100. The van der Waals surface area contributed by atoms with Crippen molar-refractivity contribution >= 4 is 6.03 Å². The van der Waals surface area contributed by atoms with E-state index >= 15 is 0 Å². The normalized spacial score (nSPS) is 15.2. The molecule has 1 heterocycles. The lowest BCUT2D eigenvalue weighted by Gasteiger charge is -2.17. The van der Waals surface area contributed by atoms with Gasteiger partial charge in [-0.3, -0.25) is 0 Å². The highest BCUT2D eigenvalue weighted by Crippen LogP contribution is 2.35. The van der Waals surface area contributed by atoms with Gasteiger partial charge in [-0.1, -0.05) is 12.1 Å². The van der Waals surface area contributed by atoms with Crippen LogP contribution in [0.1, 0.15) is 36.2 Å². The first-order valence-corrected chi connectivity index (χ1v) is 7.58. The number of hydrogen-bond donors (Lipinski definition) is 3. The zero-order valence-electron chi connectivity index (χ0n) is 12.6. The van der Waals surface area contributed by atoms with Crippen molar-refractivity contribution in [3.8, 4) is 0 Å². The molecule has 1 fully saturated rings. The topological polar surface area (TPSA) is 79.2 Å². The summed E-state index contributed by atoms with van der Waals surface area (Å²) in [5, 5.41) is 14.9. The van der Waals surface area contributed by atoms with Crippen LogP contribution in [0.2, 0.25) is 0 Å². The number of aromatic nitrogens is 2. The fourth-order valence-corrected chi connectivity index (χ4v) is 2.46. The van der Waals surface area contributed by atoms with Crippen molar-refractivity contribution in [2.24, 2.45) is 0 Å². The summed E-state index contributed by atoms with van der Waals surface area (Å²) in [5.74, 6) is -0.358. The number of nitrogens with one attached hydrogen (secondary N) is 2. The van der Waals surface area contributed by atoms with Gasteiger partial charge in [0, 0.05) is 12.2 Å². The van der Waals surface area contributed by atoms with E-state index in [2.05, 4.69) is 20.2 Å². The predicted molar refractivity (Wildman–Crippen MR) is 82.1 cm³/mol. The van der Waals surface area contributed by atoms with Crippen LogP contribution in [0.4, 0.5) is 9.18 Å². The van der Waals surface area contributed by atoms with Crippen LogP contribution in [0.5, 0.6) is 0 Å². The molecule has 0 radical (unpaired) electrons. The smallest absolute Gasteiger partial charge is 0.315 e. The van der Waals surface area contributed by atoms with Gasteiger partial charge in [-0.25, -0.2) is 14.2 Å². The molecule has 1 saturated carbocycles. The number of amides is 2. The molecule has 1 aliphatic rings. The van der Waals surface area contributed by atoms with Gasteiger partial charge >= 0.3 is 6.03 Å². The molecule has 0 aliphatic heterocycles. The third-order valence-corrected chi connectivity index (χ3v) is 3.88. The van der Waals surface area contributed by atoms with Gasteiger partial charge in [-0.05, 0) is 30.5 Å². The molecule has 0 saturated heterocycles. The lowest BCUT2D eigenvalue weighted by molar-refractivity contribution is 0.216. The molecular formula is C16H19FN4O2. The summed E-state index contributed by atoms with van der Waals surface area (Å²) in [4.78, 5) is 16.1. The van der Waals surface area contributed by atoms with Gasteiger partial charge in [0.25, 0.3) is 0 Å². The van der Waals surface area contributed by atoms with Crippen molar-refractivity contribution in [1.29, 1.82) is 0 Å². The second kappa shape index (κ2) is 6.78. The Balaban J connectivity index is 1.55. The van der Waals surface area contributed by atoms with E-state index in [1.165, 1.54) is 12.1 Å². The molecule has 2 aromatic rings. The lowest BCUT2D eigenvalue weighted by Crippen LogP contribution is -2.39. The fourth-order valence-electron chi connectivity index (χ4n) is 2.46. The van der Waals surface area contributed by atoms with Gasteiger partial charge in [-0.15, -0.1) is 0 Å². The Labute approximate surface area is 133 Å². The Kier molecular flexibility index (Phi) is 4.57. The van der Waals surface area contributed by atoms with Gasteiger partial charge < -0.3 is 20.3 Å². The summed E-state index contributed by atoms with van der Waals surface area (Å²) in [5.41, 5.74) is 1.59. The minimum Gasteiger partial charge on any atom is -0.394 e. The largest absolute Gasteiger partial charge is 0.394 e. The van der Waals surface area contributed by atoms with E-state index in [1.54, 1.807) is 24.7 Å². The standard InChI is InChI=1S/C16H19FN4O2/c17-12-3-1-11(2-4-12)15(9-22)20-16(23)19-8-14-7-18-10-21(14)13-5-6-13/h1-4,7,10,13,15,22H,5-6,8-9H2,(H2,19,20,23)/t15-/m0/s1. The van der Waals surface area contributed by atoms with Gasteiger partial charge in [0.1, 0.15) is 5.82 Å². The summed E-state index contributed by atoms with van der Waals surface area (Å²) in [6.07, 6.45) is 5.81. The molecule has 7 heteroatoms. The molecule has 122 valence electrons. The van der Waals surface area contributed by atoms with Crippen LogP contribution in [0.15, 0.2) is 36.8 Å².